The van der Waals surface area contributed by atoms with Crippen LogP contribution in [-0.4, -0.2) is 25.4 Å². The Morgan fingerprint density at radius 2 is 2.09 bits per heavy atom. The number of rotatable bonds is 3. The fraction of sp³-hybridized carbons (Fsp3) is 0.368. The second kappa shape index (κ2) is 5.52. The smallest absolute Gasteiger partial charge is 0.117 e. The summed E-state index contributed by atoms with van der Waals surface area (Å²) in [6.45, 7) is 3.22. The Kier molecular flexibility index (Phi) is 3.60. The van der Waals surface area contributed by atoms with Crippen LogP contribution >= 0.6 is 11.6 Å². The molecule has 23 heavy (non-hydrogen) atoms. The fourth-order valence-electron chi connectivity index (χ4n) is 4.13. The van der Waals surface area contributed by atoms with Crippen LogP contribution in [-0.2, 0) is 11.2 Å². The van der Waals surface area contributed by atoms with E-state index in [0.717, 1.165) is 23.7 Å². The van der Waals surface area contributed by atoms with Gasteiger partial charge in [-0.1, -0.05) is 35.9 Å². The zero-order chi connectivity index (χ0) is 16.0. The molecule has 2 N–H and O–H groups in total. The van der Waals surface area contributed by atoms with Crippen LogP contribution in [0.3, 0.4) is 0 Å². The van der Waals surface area contributed by atoms with Crippen LogP contribution in [0, 0.1) is 5.92 Å². The number of methoxy groups -OCH3 is 1. The van der Waals surface area contributed by atoms with Crippen molar-refractivity contribution in [3.63, 3.8) is 0 Å². The molecule has 1 saturated heterocycles. The minimum Gasteiger partial charge on any atom is -0.499 e. The molecule has 3 atom stereocenters. The Hall–Kier alpha value is -1.55. The molecule has 0 aromatic heterocycles. The van der Waals surface area contributed by atoms with E-state index < -0.39 is 0 Å². The first kappa shape index (κ1) is 15.0. The van der Waals surface area contributed by atoms with Crippen LogP contribution in [0.2, 0.25) is 5.02 Å². The van der Waals surface area contributed by atoms with Gasteiger partial charge in [-0.05, 0) is 48.3 Å². The monoisotopic (exact) mass is 328 g/mol. The standard InChI is InChI=1S/C19H21ClN2O/c1-19-17(15-4-3-5-16(23-2)18(15)22-19)13(11-21-19)10-12-6-8-14(20)9-7-12/h3-9,13,18,21-22H,10-11H2,1-2H3. The SMILES string of the molecule is COC1=CC=CC2=C3C(Cc4ccc(Cl)cc4)CNC3(C)NC12. The van der Waals surface area contributed by atoms with Gasteiger partial charge in [0.25, 0.3) is 0 Å². The quantitative estimate of drug-likeness (QED) is 0.894. The van der Waals surface area contributed by atoms with Crippen molar-refractivity contribution in [2.24, 2.45) is 5.92 Å². The van der Waals surface area contributed by atoms with Gasteiger partial charge in [-0.25, -0.2) is 0 Å². The maximum Gasteiger partial charge on any atom is 0.117 e. The first-order valence-corrected chi connectivity index (χ1v) is 8.42. The Morgan fingerprint density at radius 1 is 1.30 bits per heavy atom. The zero-order valence-electron chi connectivity index (χ0n) is 13.4. The van der Waals surface area contributed by atoms with E-state index in [-0.39, 0.29) is 11.7 Å². The number of allylic oxidation sites excluding steroid dienone is 2. The maximum absolute atomic E-state index is 6.00. The first-order valence-electron chi connectivity index (χ1n) is 8.05. The van der Waals surface area contributed by atoms with Gasteiger partial charge in [0.1, 0.15) is 5.76 Å². The molecule has 0 amide bonds. The van der Waals surface area contributed by atoms with Crippen molar-refractivity contribution in [3.8, 4) is 0 Å². The molecule has 1 aromatic rings. The third kappa shape index (κ3) is 2.44. The van der Waals surface area contributed by atoms with Crippen LogP contribution in [0.15, 0.2) is 59.4 Å². The van der Waals surface area contributed by atoms with E-state index >= 15 is 0 Å². The lowest BCUT2D eigenvalue weighted by Crippen LogP contribution is -2.51. The molecule has 0 saturated carbocycles. The third-order valence-corrected chi connectivity index (χ3v) is 5.41. The highest BCUT2D eigenvalue weighted by Crippen LogP contribution is 2.43. The lowest BCUT2D eigenvalue weighted by Gasteiger charge is -2.26. The fourth-order valence-corrected chi connectivity index (χ4v) is 4.25. The highest BCUT2D eigenvalue weighted by atomic mass is 35.5. The largest absolute Gasteiger partial charge is 0.499 e. The number of nitrogens with one attached hydrogen (secondary N) is 2. The minimum atomic E-state index is -0.149. The van der Waals surface area contributed by atoms with Gasteiger partial charge in [-0.15, -0.1) is 0 Å². The topological polar surface area (TPSA) is 33.3 Å². The summed E-state index contributed by atoms with van der Waals surface area (Å²) in [5.41, 5.74) is 4.00. The van der Waals surface area contributed by atoms with E-state index in [1.54, 1.807) is 7.11 Å². The molecule has 1 aliphatic carbocycles. The molecular weight excluding hydrogens is 308 g/mol. The second-order valence-electron chi connectivity index (χ2n) is 6.61. The van der Waals surface area contributed by atoms with E-state index in [1.807, 2.05) is 18.2 Å². The number of benzene rings is 1. The summed E-state index contributed by atoms with van der Waals surface area (Å²) in [7, 11) is 1.74. The number of hydrogen-bond donors (Lipinski definition) is 2. The summed E-state index contributed by atoms with van der Waals surface area (Å²) in [6.07, 6.45) is 7.37. The summed E-state index contributed by atoms with van der Waals surface area (Å²) >= 11 is 6.00. The third-order valence-electron chi connectivity index (χ3n) is 5.16. The Labute approximate surface area is 142 Å². The molecule has 2 heterocycles. The molecule has 3 aliphatic rings. The van der Waals surface area contributed by atoms with E-state index in [2.05, 4.69) is 41.8 Å². The Morgan fingerprint density at radius 3 is 2.83 bits per heavy atom. The summed E-state index contributed by atoms with van der Waals surface area (Å²) < 4.78 is 5.55. The lowest BCUT2D eigenvalue weighted by atomic mass is 9.86. The first-order chi connectivity index (χ1) is 11.1. The number of halogens is 1. The predicted octanol–water partition coefficient (Wildman–Crippen LogP) is 3.19. The molecule has 4 rings (SSSR count). The molecule has 1 aromatic carbocycles. The van der Waals surface area contributed by atoms with Gasteiger partial charge in [0.05, 0.1) is 18.8 Å². The molecular formula is C19H21ClN2O. The van der Waals surface area contributed by atoms with Gasteiger partial charge in [-0.2, -0.15) is 0 Å². The van der Waals surface area contributed by atoms with Crippen molar-refractivity contribution < 1.29 is 4.74 Å². The molecule has 2 aliphatic heterocycles. The average Bonchev–Trinajstić information content (AvgIpc) is 3.02. The molecule has 120 valence electrons. The molecule has 3 unspecified atom stereocenters. The van der Waals surface area contributed by atoms with Crippen LogP contribution in [0.25, 0.3) is 0 Å². The zero-order valence-corrected chi connectivity index (χ0v) is 14.2. The van der Waals surface area contributed by atoms with Crippen LogP contribution < -0.4 is 10.6 Å². The molecule has 4 heteroatoms. The second-order valence-corrected chi connectivity index (χ2v) is 7.05. The molecule has 0 spiro atoms. The lowest BCUT2D eigenvalue weighted by molar-refractivity contribution is 0.248. The highest BCUT2D eigenvalue weighted by molar-refractivity contribution is 6.30. The Bertz CT molecular complexity index is 719. The van der Waals surface area contributed by atoms with Crippen molar-refractivity contribution in [3.05, 3.63) is 70.0 Å². The Balaban J connectivity index is 1.67. The summed E-state index contributed by atoms with van der Waals surface area (Å²) in [6, 6.07) is 8.35. The number of fused-ring (bicyclic) bond motifs is 2. The van der Waals surface area contributed by atoms with Crippen LogP contribution in [0.1, 0.15) is 12.5 Å². The van der Waals surface area contributed by atoms with E-state index in [9.17, 15) is 0 Å². The maximum atomic E-state index is 6.00. The summed E-state index contributed by atoms with van der Waals surface area (Å²) in [5.74, 6) is 1.46. The highest BCUT2D eigenvalue weighted by Gasteiger charge is 2.49. The van der Waals surface area contributed by atoms with Gasteiger partial charge in [0.15, 0.2) is 0 Å². The normalized spacial score (nSPS) is 31.9. The van der Waals surface area contributed by atoms with Crippen LogP contribution in [0.4, 0.5) is 0 Å². The molecule has 0 bridgehead atoms. The summed E-state index contributed by atoms with van der Waals surface area (Å²) in [5, 5.41) is 8.16. The van der Waals surface area contributed by atoms with Crippen molar-refractivity contribution >= 4 is 11.6 Å². The van der Waals surface area contributed by atoms with Crippen molar-refractivity contribution in [1.82, 2.24) is 10.6 Å². The van der Waals surface area contributed by atoms with Crippen molar-refractivity contribution in [1.29, 1.82) is 0 Å². The van der Waals surface area contributed by atoms with Gasteiger partial charge in [-0.3, -0.25) is 10.6 Å². The van der Waals surface area contributed by atoms with Crippen LogP contribution in [0.5, 0.6) is 0 Å². The molecule has 3 nitrogen and oxygen atoms in total. The van der Waals surface area contributed by atoms with Gasteiger partial charge >= 0.3 is 0 Å². The number of ether oxygens (including phenoxy) is 1. The van der Waals surface area contributed by atoms with Crippen molar-refractivity contribution in [2.75, 3.05) is 13.7 Å². The molecule has 0 radical (unpaired) electrons. The average molecular weight is 329 g/mol. The van der Waals surface area contributed by atoms with Gasteiger partial charge < -0.3 is 4.74 Å². The van der Waals surface area contributed by atoms with E-state index in [1.165, 1.54) is 16.7 Å². The van der Waals surface area contributed by atoms with E-state index in [0.29, 0.717) is 5.92 Å². The van der Waals surface area contributed by atoms with Crippen molar-refractivity contribution in [2.45, 2.75) is 25.0 Å². The molecule has 1 fully saturated rings. The minimum absolute atomic E-state index is 0.149. The van der Waals surface area contributed by atoms with Gasteiger partial charge in [0, 0.05) is 17.5 Å². The van der Waals surface area contributed by atoms with Gasteiger partial charge in [0.2, 0.25) is 0 Å². The predicted molar refractivity (Wildman–Crippen MR) is 93.2 cm³/mol. The number of hydrogen-bond acceptors (Lipinski definition) is 3. The van der Waals surface area contributed by atoms with E-state index in [4.69, 9.17) is 16.3 Å². The summed E-state index contributed by atoms with van der Waals surface area (Å²) in [4.78, 5) is 0.